The van der Waals surface area contributed by atoms with Crippen LogP contribution in [0.5, 0.6) is 0 Å². The van der Waals surface area contributed by atoms with E-state index in [2.05, 4.69) is 0 Å². The molecule has 0 saturated heterocycles. The number of benzene rings is 2. The van der Waals surface area contributed by atoms with Crippen molar-refractivity contribution in [3.63, 3.8) is 0 Å². The van der Waals surface area contributed by atoms with Crippen molar-refractivity contribution in [1.29, 1.82) is 0 Å². The predicted molar refractivity (Wildman–Crippen MR) is 81.7 cm³/mol. The summed E-state index contributed by atoms with van der Waals surface area (Å²) < 4.78 is 0. The molecule has 0 bridgehead atoms. The van der Waals surface area contributed by atoms with E-state index in [1.54, 1.807) is 24.3 Å². The van der Waals surface area contributed by atoms with Gasteiger partial charge in [0.1, 0.15) is 6.29 Å². The molecular formula is C14H8Cl4O. The summed E-state index contributed by atoms with van der Waals surface area (Å²) in [5, 5.41) is 1.77. The van der Waals surface area contributed by atoms with Crippen LogP contribution in [-0.4, -0.2) is 6.29 Å². The summed E-state index contributed by atoms with van der Waals surface area (Å²) >= 11 is 24.2. The van der Waals surface area contributed by atoms with Gasteiger partial charge >= 0.3 is 0 Å². The minimum absolute atomic E-state index is 0.214. The normalized spacial score (nSPS) is 10.5. The van der Waals surface area contributed by atoms with Crippen LogP contribution in [0.15, 0.2) is 30.3 Å². The van der Waals surface area contributed by atoms with Crippen LogP contribution in [0, 0.1) is 0 Å². The largest absolute Gasteiger partial charge is 0.303 e. The lowest BCUT2D eigenvalue weighted by Gasteiger charge is -2.12. The van der Waals surface area contributed by atoms with Crippen molar-refractivity contribution in [2.75, 3.05) is 0 Å². The molecule has 0 aromatic heterocycles. The topological polar surface area (TPSA) is 17.1 Å². The van der Waals surface area contributed by atoms with Crippen molar-refractivity contribution in [3.8, 4) is 11.1 Å². The van der Waals surface area contributed by atoms with Gasteiger partial charge in [-0.1, -0.05) is 58.5 Å². The highest BCUT2D eigenvalue weighted by molar-refractivity contribution is 6.44. The maximum atomic E-state index is 10.8. The van der Waals surface area contributed by atoms with E-state index in [4.69, 9.17) is 46.4 Å². The molecule has 1 nitrogen and oxygen atoms in total. The molecule has 19 heavy (non-hydrogen) atoms. The molecule has 0 spiro atoms. The number of hydrogen-bond donors (Lipinski definition) is 0. The lowest BCUT2D eigenvalue weighted by molar-refractivity contribution is -0.107. The molecule has 0 atom stereocenters. The fraction of sp³-hybridized carbons (Fsp3) is 0.0714. The molecule has 0 heterocycles. The van der Waals surface area contributed by atoms with Gasteiger partial charge in [-0.15, -0.1) is 0 Å². The number of carbonyl (C=O) groups excluding carboxylic acids is 1. The van der Waals surface area contributed by atoms with Crippen LogP contribution in [-0.2, 0) is 11.2 Å². The zero-order valence-electron chi connectivity index (χ0n) is 9.59. The molecule has 0 fully saturated rings. The molecule has 0 unspecified atom stereocenters. The van der Waals surface area contributed by atoms with Gasteiger partial charge in [0.2, 0.25) is 0 Å². The number of halogens is 4. The third-order valence-electron chi connectivity index (χ3n) is 2.71. The first-order valence-corrected chi connectivity index (χ1v) is 6.91. The fourth-order valence-electron chi connectivity index (χ4n) is 1.83. The summed E-state index contributed by atoms with van der Waals surface area (Å²) in [6.45, 7) is 0. The molecular weight excluding hydrogens is 326 g/mol. The van der Waals surface area contributed by atoms with Crippen molar-refractivity contribution >= 4 is 52.7 Å². The van der Waals surface area contributed by atoms with Crippen LogP contribution in [0.4, 0.5) is 0 Å². The Balaban J connectivity index is 2.68. The average Bonchev–Trinajstić information content (AvgIpc) is 2.37. The summed E-state index contributed by atoms with van der Waals surface area (Å²) in [5.41, 5.74) is 2.21. The monoisotopic (exact) mass is 332 g/mol. The highest BCUT2D eigenvalue weighted by Gasteiger charge is 2.13. The Hall–Kier alpha value is -0.730. The summed E-state index contributed by atoms with van der Waals surface area (Å²) in [6, 6.07) is 8.62. The second-order valence-corrected chi connectivity index (χ2v) is 5.51. The maximum Gasteiger partial charge on any atom is 0.124 e. The van der Waals surface area contributed by atoms with Crippen LogP contribution < -0.4 is 0 Å². The van der Waals surface area contributed by atoms with Crippen molar-refractivity contribution in [1.82, 2.24) is 0 Å². The number of rotatable bonds is 3. The SMILES string of the molecule is O=CCc1c(Cl)cccc1-c1cc(Cl)c(Cl)cc1Cl. The summed E-state index contributed by atoms with van der Waals surface area (Å²) in [7, 11) is 0. The van der Waals surface area contributed by atoms with Crippen molar-refractivity contribution in [2.24, 2.45) is 0 Å². The maximum absolute atomic E-state index is 10.8. The van der Waals surface area contributed by atoms with Crippen molar-refractivity contribution in [2.45, 2.75) is 6.42 Å². The first-order valence-electron chi connectivity index (χ1n) is 5.40. The molecule has 2 aromatic carbocycles. The summed E-state index contributed by atoms with van der Waals surface area (Å²) in [5.74, 6) is 0. The van der Waals surface area contributed by atoms with Gasteiger partial charge < -0.3 is 4.79 Å². The highest BCUT2D eigenvalue weighted by atomic mass is 35.5. The first kappa shape index (κ1) is 14.7. The average molecular weight is 334 g/mol. The van der Waals surface area contributed by atoms with Gasteiger partial charge in [-0.05, 0) is 29.3 Å². The van der Waals surface area contributed by atoms with Crippen molar-refractivity contribution < 1.29 is 4.79 Å². The van der Waals surface area contributed by atoms with Gasteiger partial charge in [0, 0.05) is 22.0 Å². The molecule has 0 radical (unpaired) electrons. The van der Waals surface area contributed by atoms with Crippen molar-refractivity contribution in [3.05, 3.63) is 56.0 Å². The standard InChI is InChI=1S/C14H8Cl4O/c15-11-3-1-2-8(9(11)4-5-19)10-6-13(17)14(18)7-12(10)16/h1-3,5-7H,4H2. The van der Waals surface area contributed by atoms with Gasteiger partial charge in [0.05, 0.1) is 10.0 Å². The van der Waals surface area contributed by atoms with E-state index in [0.29, 0.717) is 25.7 Å². The molecule has 0 N–H and O–H groups in total. The Morgan fingerprint density at radius 2 is 1.53 bits per heavy atom. The van der Waals surface area contributed by atoms with E-state index in [9.17, 15) is 4.79 Å². The zero-order chi connectivity index (χ0) is 14.0. The molecule has 0 saturated carbocycles. The minimum atomic E-state index is 0.214. The Morgan fingerprint density at radius 1 is 0.842 bits per heavy atom. The molecule has 0 aliphatic carbocycles. The number of hydrogen-bond acceptors (Lipinski definition) is 1. The second-order valence-electron chi connectivity index (χ2n) is 3.88. The van der Waals surface area contributed by atoms with Crippen LogP contribution in [0.3, 0.4) is 0 Å². The van der Waals surface area contributed by atoms with Crippen LogP contribution >= 0.6 is 46.4 Å². The van der Waals surface area contributed by atoms with Gasteiger partial charge in [-0.3, -0.25) is 0 Å². The molecule has 98 valence electrons. The van der Waals surface area contributed by atoms with Crippen LogP contribution in [0.1, 0.15) is 5.56 Å². The summed E-state index contributed by atoms with van der Waals surface area (Å²) in [6.07, 6.45) is 1.02. The van der Waals surface area contributed by atoms with Gasteiger partial charge in [0.15, 0.2) is 0 Å². The molecule has 0 aliphatic rings. The zero-order valence-corrected chi connectivity index (χ0v) is 12.6. The second kappa shape index (κ2) is 6.15. The third kappa shape index (κ3) is 3.06. The van der Waals surface area contributed by atoms with E-state index < -0.39 is 0 Å². The Labute approximate surface area is 131 Å². The minimum Gasteiger partial charge on any atom is -0.303 e. The smallest absolute Gasteiger partial charge is 0.124 e. The quantitative estimate of drug-likeness (QED) is 0.519. The Morgan fingerprint density at radius 3 is 2.21 bits per heavy atom. The van der Waals surface area contributed by atoms with Gasteiger partial charge in [-0.25, -0.2) is 0 Å². The van der Waals surface area contributed by atoms with E-state index in [0.717, 1.165) is 17.4 Å². The molecule has 2 rings (SSSR count). The van der Waals surface area contributed by atoms with E-state index in [1.807, 2.05) is 6.07 Å². The molecule has 2 aromatic rings. The number of carbonyl (C=O) groups is 1. The van der Waals surface area contributed by atoms with Crippen LogP contribution in [0.2, 0.25) is 20.1 Å². The lowest BCUT2D eigenvalue weighted by atomic mass is 9.98. The highest BCUT2D eigenvalue weighted by Crippen LogP contribution is 2.38. The molecule has 0 aliphatic heterocycles. The van der Waals surface area contributed by atoms with E-state index in [-0.39, 0.29) is 6.42 Å². The third-order valence-corrected chi connectivity index (χ3v) is 4.10. The van der Waals surface area contributed by atoms with Gasteiger partial charge in [-0.2, -0.15) is 0 Å². The Kier molecular flexibility index (Phi) is 4.75. The Bertz CT molecular complexity index is 638. The van der Waals surface area contributed by atoms with Gasteiger partial charge in [0.25, 0.3) is 0 Å². The number of aldehydes is 1. The first-order chi connectivity index (χ1) is 9.04. The van der Waals surface area contributed by atoms with Crippen LogP contribution in [0.25, 0.3) is 11.1 Å². The van der Waals surface area contributed by atoms with E-state index >= 15 is 0 Å². The fourth-order valence-corrected chi connectivity index (χ4v) is 2.73. The predicted octanol–water partition coefficient (Wildman–Crippen LogP) is 5.71. The molecule has 5 heteroatoms. The lowest BCUT2D eigenvalue weighted by Crippen LogP contribution is -1.93. The molecule has 0 amide bonds. The van der Waals surface area contributed by atoms with E-state index in [1.165, 1.54) is 0 Å². The summed E-state index contributed by atoms with van der Waals surface area (Å²) in [4.78, 5) is 10.8.